The summed E-state index contributed by atoms with van der Waals surface area (Å²) in [7, 11) is 0. The molecule has 0 saturated carbocycles. The summed E-state index contributed by atoms with van der Waals surface area (Å²) in [4.78, 5) is 17.7. The number of aliphatic hydroxyl groups excluding tert-OH is 1. The molecule has 1 aromatic heterocycles. The zero-order valence-electron chi connectivity index (χ0n) is 12.4. The molecule has 1 amide bonds. The first-order valence-electron chi connectivity index (χ1n) is 6.98. The van der Waals surface area contributed by atoms with Crippen molar-refractivity contribution in [2.75, 3.05) is 11.9 Å². The van der Waals surface area contributed by atoms with Crippen LogP contribution < -0.4 is 10.6 Å². The first kappa shape index (κ1) is 18.4. The zero-order valence-corrected chi connectivity index (χ0v) is 15.6. The summed E-state index contributed by atoms with van der Waals surface area (Å²) in [6.45, 7) is 2.45. The normalized spacial score (nSPS) is 20.1. The predicted octanol–water partition coefficient (Wildman–Crippen LogP) is 2.96. The van der Waals surface area contributed by atoms with Crippen LogP contribution in [0.3, 0.4) is 0 Å². The highest BCUT2D eigenvalue weighted by Crippen LogP contribution is 2.31. The number of hydrogen-bond acceptors (Lipinski definition) is 5. The summed E-state index contributed by atoms with van der Waals surface area (Å²) in [6, 6.07) is 7.57. The Morgan fingerprint density at radius 2 is 2.13 bits per heavy atom. The maximum atomic E-state index is 12.1. The Labute approximate surface area is 153 Å². The van der Waals surface area contributed by atoms with Gasteiger partial charge in [0.05, 0.1) is 17.8 Å². The number of nitrogens with zero attached hydrogens (tertiary/aromatic N) is 1. The van der Waals surface area contributed by atoms with Gasteiger partial charge in [0, 0.05) is 21.5 Å². The molecule has 0 bridgehead atoms. The van der Waals surface area contributed by atoms with Gasteiger partial charge in [-0.2, -0.15) is 0 Å². The number of aryl methyl sites for hydroxylation is 1. The molecule has 2 unspecified atom stereocenters. The van der Waals surface area contributed by atoms with E-state index in [1.165, 1.54) is 11.3 Å². The van der Waals surface area contributed by atoms with E-state index in [9.17, 15) is 9.90 Å². The lowest BCUT2D eigenvalue weighted by Crippen LogP contribution is -2.35. The van der Waals surface area contributed by atoms with Crippen molar-refractivity contribution in [3.63, 3.8) is 0 Å². The Kier molecular flexibility index (Phi) is 6.16. The van der Waals surface area contributed by atoms with Gasteiger partial charge in [-0.1, -0.05) is 28.1 Å². The van der Waals surface area contributed by atoms with Crippen LogP contribution in [0.5, 0.6) is 0 Å². The van der Waals surface area contributed by atoms with Crippen molar-refractivity contribution in [3.8, 4) is 11.3 Å². The third-order valence-corrected chi connectivity index (χ3v) is 4.98. The number of aromatic nitrogens is 1. The van der Waals surface area contributed by atoms with Gasteiger partial charge in [0.2, 0.25) is 5.91 Å². The first-order valence-corrected chi connectivity index (χ1v) is 8.59. The molecule has 23 heavy (non-hydrogen) atoms. The van der Waals surface area contributed by atoms with Crippen LogP contribution in [0.25, 0.3) is 11.3 Å². The van der Waals surface area contributed by atoms with E-state index in [1.54, 1.807) is 0 Å². The van der Waals surface area contributed by atoms with E-state index in [0.29, 0.717) is 18.1 Å². The van der Waals surface area contributed by atoms with E-state index < -0.39 is 6.10 Å². The predicted molar refractivity (Wildman–Crippen MR) is 98.3 cm³/mol. The molecule has 1 aromatic carbocycles. The van der Waals surface area contributed by atoms with E-state index in [0.717, 1.165) is 20.6 Å². The van der Waals surface area contributed by atoms with Gasteiger partial charge >= 0.3 is 0 Å². The standard InChI is InChI=1S/C15H16BrN3O2S.ClH/c1-8-13(9-2-4-10(16)5-3-9)18-15(22-8)19-14(21)12-6-11(20)7-17-12;/h2-5,11-12,17,20H,6-7H2,1H3,(H,18,19,21);1H. The fourth-order valence-electron chi connectivity index (χ4n) is 2.43. The van der Waals surface area contributed by atoms with E-state index >= 15 is 0 Å². The fraction of sp³-hybridized carbons (Fsp3) is 0.333. The smallest absolute Gasteiger partial charge is 0.243 e. The average Bonchev–Trinajstić information content (AvgIpc) is 3.06. The third-order valence-electron chi connectivity index (χ3n) is 3.57. The number of thiazole rings is 1. The molecule has 8 heteroatoms. The fourth-order valence-corrected chi connectivity index (χ4v) is 3.54. The minimum Gasteiger partial charge on any atom is -0.392 e. The molecule has 1 fully saturated rings. The number of aliphatic hydroxyl groups is 1. The van der Waals surface area contributed by atoms with Crippen molar-refractivity contribution in [1.82, 2.24) is 10.3 Å². The Balaban J connectivity index is 0.00000192. The highest BCUT2D eigenvalue weighted by molar-refractivity contribution is 9.10. The van der Waals surface area contributed by atoms with Gasteiger partial charge in [-0.3, -0.25) is 4.79 Å². The molecule has 3 N–H and O–H groups in total. The molecule has 1 aliphatic heterocycles. The summed E-state index contributed by atoms with van der Waals surface area (Å²) in [5.74, 6) is -0.146. The minimum absolute atomic E-state index is 0. The zero-order chi connectivity index (χ0) is 15.7. The number of halogens is 2. The molecule has 2 heterocycles. The molecule has 0 aliphatic carbocycles. The van der Waals surface area contributed by atoms with Crippen LogP contribution in [-0.2, 0) is 4.79 Å². The number of hydrogen-bond donors (Lipinski definition) is 3. The van der Waals surface area contributed by atoms with Gasteiger partial charge in [0.1, 0.15) is 0 Å². The second-order valence-corrected chi connectivity index (χ2v) is 7.39. The minimum atomic E-state index is -0.452. The molecule has 124 valence electrons. The summed E-state index contributed by atoms with van der Waals surface area (Å²) in [5, 5.41) is 15.9. The van der Waals surface area contributed by atoms with Gasteiger partial charge in [0.25, 0.3) is 0 Å². The van der Waals surface area contributed by atoms with Crippen molar-refractivity contribution in [1.29, 1.82) is 0 Å². The number of benzene rings is 1. The lowest BCUT2D eigenvalue weighted by Gasteiger charge is -2.08. The molecule has 1 aliphatic rings. The van der Waals surface area contributed by atoms with E-state index in [-0.39, 0.29) is 24.4 Å². The van der Waals surface area contributed by atoms with Crippen molar-refractivity contribution in [2.24, 2.45) is 0 Å². The quantitative estimate of drug-likeness (QED) is 0.716. The van der Waals surface area contributed by atoms with Gasteiger partial charge in [-0.05, 0) is 25.5 Å². The number of carbonyl (C=O) groups excluding carboxylic acids is 1. The molecule has 1 saturated heterocycles. The SMILES string of the molecule is Cc1sc(NC(=O)C2CC(O)CN2)nc1-c1ccc(Br)cc1.Cl. The van der Waals surface area contributed by atoms with Gasteiger partial charge < -0.3 is 15.7 Å². The van der Waals surface area contributed by atoms with E-state index in [2.05, 4.69) is 31.5 Å². The van der Waals surface area contributed by atoms with E-state index in [4.69, 9.17) is 0 Å². The number of anilines is 1. The molecule has 3 rings (SSSR count). The maximum absolute atomic E-state index is 12.1. The second kappa shape index (κ2) is 7.72. The molecule has 5 nitrogen and oxygen atoms in total. The van der Waals surface area contributed by atoms with Crippen LogP contribution in [0.4, 0.5) is 5.13 Å². The van der Waals surface area contributed by atoms with Gasteiger partial charge in [0.15, 0.2) is 5.13 Å². The molecule has 2 aromatic rings. The van der Waals surface area contributed by atoms with Crippen LogP contribution in [-0.4, -0.2) is 34.7 Å². The van der Waals surface area contributed by atoms with Crippen molar-refractivity contribution in [3.05, 3.63) is 33.6 Å². The van der Waals surface area contributed by atoms with Crippen LogP contribution in [0, 0.1) is 6.92 Å². The summed E-state index contributed by atoms with van der Waals surface area (Å²) in [5.41, 5.74) is 1.90. The highest BCUT2D eigenvalue weighted by atomic mass is 79.9. The maximum Gasteiger partial charge on any atom is 0.243 e. The monoisotopic (exact) mass is 417 g/mol. The Bertz CT molecular complexity index is 693. The van der Waals surface area contributed by atoms with Crippen LogP contribution >= 0.6 is 39.7 Å². The number of rotatable bonds is 3. The van der Waals surface area contributed by atoms with Crippen molar-refractivity contribution < 1.29 is 9.90 Å². The topological polar surface area (TPSA) is 74.2 Å². The highest BCUT2D eigenvalue weighted by Gasteiger charge is 2.28. The number of amides is 1. The summed E-state index contributed by atoms with van der Waals surface area (Å²) < 4.78 is 1.02. The first-order chi connectivity index (χ1) is 10.5. The van der Waals surface area contributed by atoms with Crippen LogP contribution in [0.15, 0.2) is 28.7 Å². The molecular weight excluding hydrogens is 402 g/mol. The Morgan fingerprint density at radius 1 is 1.43 bits per heavy atom. The average molecular weight is 419 g/mol. The van der Waals surface area contributed by atoms with E-state index in [1.807, 2.05) is 31.2 Å². The lowest BCUT2D eigenvalue weighted by atomic mass is 10.1. The molecule has 0 spiro atoms. The van der Waals surface area contributed by atoms with Crippen LogP contribution in [0.2, 0.25) is 0 Å². The Morgan fingerprint density at radius 3 is 2.74 bits per heavy atom. The van der Waals surface area contributed by atoms with Gasteiger partial charge in [-0.15, -0.1) is 23.7 Å². The van der Waals surface area contributed by atoms with Gasteiger partial charge in [-0.25, -0.2) is 4.98 Å². The second-order valence-electron chi connectivity index (χ2n) is 5.27. The Hall–Kier alpha value is -0.990. The summed E-state index contributed by atoms with van der Waals surface area (Å²) in [6.07, 6.45) is -0.0115. The third kappa shape index (κ3) is 4.30. The summed E-state index contributed by atoms with van der Waals surface area (Å²) >= 11 is 4.87. The van der Waals surface area contributed by atoms with Crippen molar-refractivity contribution in [2.45, 2.75) is 25.5 Å². The number of β-amino-alcohol motifs (C(OH)–C–C–N with tert-alkyl or cyclic N) is 1. The van der Waals surface area contributed by atoms with Crippen molar-refractivity contribution >= 4 is 50.7 Å². The van der Waals surface area contributed by atoms with Crippen LogP contribution in [0.1, 0.15) is 11.3 Å². The lowest BCUT2D eigenvalue weighted by molar-refractivity contribution is -0.117. The molecule has 2 atom stereocenters. The largest absolute Gasteiger partial charge is 0.392 e. The molecular formula is C15H17BrClN3O2S. The molecule has 0 radical (unpaired) electrons. The number of nitrogens with one attached hydrogen (secondary N) is 2. The number of carbonyl (C=O) groups is 1.